The molecular formula is C17H19F3N3O3+. The van der Waals surface area contributed by atoms with Crippen LogP contribution in [0, 0.1) is 23.0 Å². The maximum absolute atomic E-state index is 14.1. The fourth-order valence-corrected chi connectivity index (χ4v) is 2.90. The molecular weight excluding hydrogens is 351 g/mol. The molecule has 1 N–H and O–H groups in total. The highest BCUT2D eigenvalue weighted by Gasteiger charge is 2.44. The van der Waals surface area contributed by atoms with E-state index in [0.717, 1.165) is 11.0 Å². The molecule has 0 saturated carbocycles. The summed E-state index contributed by atoms with van der Waals surface area (Å²) in [6.45, 7) is 4.67. The zero-order valence-electron chi connectivity index (χ0n) is 14.6. The topological polar surface area (TPSA) is 84.6 Å². The Balaban J connectivity index is 2.39. The zero-order chi connectivity index (χ0) is 19.6. The van der Waals surface area contributed by atoms with Crippen LogP contribution in [0.4, 0.5) is 18.0 Å². The molecule has 1 amide bonds. The molecule has 0 aromatic heterocycles. The van der Waals surface area contributed by atoms with Crippen molar-refractivity contribution in [3.05, 3.63) is 35.1 Å². The summed E-state index contributed by atoms with van der Waals surface area (Å²) >= 11 is 0. The molecule has 1 saturated heterocycles. The Kier molecular flexibility index (Phi) is 5.51. The Morgan fingerprint density at radius 1 is 1.27 bits per heavy atom. The van der Waals surface area contributed by atoms with Crippen LogP contribution in [0.25, 0.3) is 0 Å². The molecule has 1 aromatic carbocycles. The molecule has 6 nitrogen and oxygen atoms in total. The van der Waals surface area contributed by atoms with Crippen molar-refractivity contribution in [1.82, 2.24) is 4.90 Å². The van der Waals surface area contributed by atoms with Crippen LogP contribution in [0.1, 0.15) is 38.7 Å². The molecule has 0 aliphatic carbocycles. The molecule has 1 unspecified atom stereocenters. The monoisotopic (exact) mass is 370 g/mol. The summed E-state index contributed by atoms with van der Waals surface area (Å²) in [7, 11) is 0. The number of ketones is 1. The second-order valence-electron chi connectivity index (χ2n) is 7.00. The highest BCUT2D eigenvalue weighted by Crippen LogP contribution is 2.36. The highest BCUT2D eigenvalue weighted by atomic mass is 19.2. The van der Waals surface area contributed by atoms with Crippen molar-refractivity contribution in [3.63, 3.8) is 0 Å². The Labute approximate surface area is 148 Å². The number of nitrogens with zero attached hydrogens (tertiary/aromatic N) is 2. The van der Waals surface area contributed by atoms with Gasteiger partial charge in [-0.3, -0.25) is 9.69 Å². The molecule has 0 spiro atoms. The standard InChI is InChI=1S/C17H19F3N3O3/c1-17(2,3)26-16(25)23-8-9(6-12(23)13(24)7-22-21)14-10(18)4-5-11(19)15(14)20/h4-5,7,9,12,21H,6,8H2,1-3H3/q+1/t9-,12?/m0/s1. The van der Waals surface area contributed by atoms with Crippen LogP contribution in [0.2, 0.25) is 0 Å². The number of likely N-dealkylation sites (tertiary alicyclic amines) is 1. The van der Waals surface area contributed by atoms with Crippen LogP contribution in [0.15, 0.2) is 12.1 Å². The lowest BCUT2D eigenvalue weighted by atomic mass is 9.94. The number of carbonyl (C=O) groups is 2. The van der Waals surface area contributed by atoms with Crippen molar-refractivity contribution in [1.29, 1.82) is 5.53 Å². The number of amides is 1. The van der Waals surface area contributed by atoms with Crippen LogP contribution < -0.4 is 0 Å². The Morgan fingerprint density at radius 3 is 2.46 bits per heavy atom. The maximum atomic E-state index is 14.1. The summed E-state index contributed by atoms with van der Waals surface area (Å²) in [4.78, 5) is 28.5. The van der Waals surface area contributed by atoms with Crippen LogP contribution in [-0.4, -0.2) is 46.0 Å². The Bertz CT molecular complexity index is 785. The molecule has 0 radical (unpaired) electrons. The van der Waals surface area contributed by atoms with Crippen molar-refractivity contribution in [2.75, 3.05) is 6.54 Å². The molecule has 9 heteroatoms. The van der Waals surface area contributed by atoms with Crippen LogP contribution >= 0.6 is 0 Å². The molecule has 140 valence electrons. The predicted octanol–water partition coefficient (Wildman–Crippen LogP) is 3.08. The molecule has 0 bridgehead atoms. The molecule has 1 aliphatic rings. The Hall–Kier alpha value is -2.67. The van der Waals surface area contributed by atoms with Gasteiger partial charge in [0, 0.05) is 18.0 Å². The van der Waals surface area contributed by atoms with Gasteiger partial charge in [-0.1, -0.05) is 0 Å². The highest BCUT2D eigenvalue weighted by molar-refractivity contribution is 6.28. The molecule has 26 heavy (non-hydrogen) atoms. The minimum Gasteiger partial charge on any atom is -0.444 e. The van der Waals surface area contributed by atoms with E-state index in [2.05, 4.69) is 4.79 Å². The second-order valence-corrected chi connectivity index (χ2v) is 7.00. The van der Waals surface area contributed by atoms with Gasteiger partial charge < -0.3 is 4.74 Å². The van der Waals surface area contributed by atoms with E-state index in [9.17, 15) is 22.8 Å². The van der Waals surface area contributed by atoms with Gasteiger partial charge in [-0.2, -0.15) is 0 Å². The van der Waals surface area contributed by atoms with Gasteiger partial charge in [-0.25, -0.2) is 18.0 Å². The minimum absolute atomic E-state index is 0.138. The van der Waals surface area contributed by atoms with Crippen LogP contribution in [0.3, 0.4) is 0 Å². The van der Waals surface area contributed by atoms with Crippen molar-refractivity contribution >= 4 is 18.1 Å². The number of hydrogen-bond acceptors (Lipinski definition) is 4. The van der Waals surface area contributed by atoms with Gasteiger partial charge in [0.1, 0.15) is 17.5 Å². The van der Waals surface area contributed by atoms with E-state index in [4.69, 9.17) is 10.3 Å². The summed E-state index contributed by atoms with van der Waals surface area (Å²) in [5.74, 6) is -5.13. The van der Waals surface area contributed by atoms with Gasteiger partial charge in [0.25, 0.3) is 5.78 Å². The van der Waals surface area contributed by atoms with Crippen molar-refractivity contribution < 1.29 is 32.3 Å². The van der Waals surface area contributed by atoms with Gasteiger partial charge in [-0.05, 0) is 39.3 Å². The quantitative estimate of drug-likeness (QED) is 0.384. The number of rotatable bonds is 3. The first-order chi connectivity index (χ1) is 12.0. The summed E-state index contributed by atoms with van der Waals surface area (Å²) in [6.07, 6.45) is -0.265. The van der Waals surface area contributed by atoms with E-state index >= 15 is 0 Å². The average Bonchev–Trinajstić information content (AvgIpc) is 2.95. The zero-order valence-corrected chi connectivity index (χ0v) is 14.6. The first-order valence-corrected chi connectivity index (χ1v) is 7.91. The van der Waals surface area contributed by atoms with E-state index in [0.29, 0.717) is 12.3 Å². The van der Waals surface area contributed by atoms with E-state index in [1.807, 2.05) is 0 Å². The van der Waals surface area contributed by atoms with Gasteiger partial charge >= 0.3 is 12.3 Å². The van der Waals surface area contributed by atoms with Gasteiger partial charge in [0.15, 0.2) is 11.6 Å². The number of carbonyl (C=O) groups excluding carboxylic acids is 2. The lowest BCUT2D eigenvalue weighted by molar-refractivity contribution is -0.133. The van der Waals surface area contributed by atoms with Gasteiger partial charge in [0.2, 0.25) is 0 Å². The minimum atomic E-state index is -1.35. The fourth-order valence-electron chi connectivity index (χ4n) is 2.90. The normalized spacial score (nSPS) is 19.8. The first-order valence-electron chi connectivity index (χ1n) is 7.91. The van der Waals surface area contributed by atoms with E-state index < -0.39 is 52.5 Å². The third kappa shape index (κ3) is 4.11. The molecule has 2 atom stereocenters. The Morgan fingerprint density at radius 2 is 1.88 bits per heavy atom. The molecule has 1 fully saturated rings. The second kappa shape index (κ2) is 7.29. The number of hydrogen-bond donors (Lipinski definition) is 1. The summed E-state index contributed by atoms with van der Waals surface area (Å²) in [5, 5.41) is 0. The number of halogens is 3. The lowest BCUT2D eigenvalue weighted by Gasteiger charge is -2.27. The molecule has 1 aliphatic heterocycles. The van der Waals surface area contributed by atoms with Crippen LogP contribution in [-0.2, 0) is 9.53 Å². The average molecular weight is 370 g/mol. The SMILES string of the molecule is CC(C)(C)OC(=O)N1C[C@@H](c2c(F)ccc(F)c2F)CC1C(=O)C=[N+]=N. The van der Waals surface area contributed by atoms with E-state index in [1.54, 1.807) is 20.8 Å². The maximum Gasteiger partial charge on any atom is 0.410 e. The number of nitrogens with one attached hydrogen (secondary N) is 1. The fraction of sp³-hybridized carbons (Fsp3) is 0.471. The predicted molar refractivity (Wildman–Crippen MR) is 84.5 cm³/mol. The van der Waals surface area contributed by atoms with Crippen molar-refractivity contribution in [2.24, 2.45) is 0 Å². The lowest BCUT2D eigenvalue weighted by Crippen LogP contribution is -2.43. The largest absolute Gasteiger partial charge is 0.444 e. The summed E-state index contributed by atoms with van der Waals surface area (Å²) < 4.78 is 46.9. The third-order valence-corrected chi connectivity index (χ3v) is 3.94. The molecule has 1 aromatic rings. The summed E-state index contributed by atoms with van der Waals surface area (Å²) in [6, 6.07) is 0.363. The van der Waals surface area contributed by atoms with Crippen molar-refractivity contribution in [3.8, 4) is 0 Å². The number of benzene rings is 1. The van der Waals surface area contributed by atoms with E-state index in [-0.39, 0.29) is 13.0 Å². The molecule has 2 rings (SSSR count). The third-order valence-electron chi connectivity index (χ3n) is 3.94. The van der Waals surface area contributed by atoms with Crippen molar-refractivity contribution in [2.45, 2.75) is 44.8 Å². The first kappa shape index (κ1) is 19.7. The van der Waals surface area contributed by atoms with Crippen LogP contribution in [0.5, 0.6) is 0 Å². The number of Topliss-reactive ketones (excluding diaryl/α,β-unsaturated/α-hetero) is 1. The van der Waals surface area contributed by atoms with Gasteiger partial charge in [-0.15, -0.1) is 0 Å². The summed E-state index contributed by atoms with van der Waals surface area (Å²) in [5.41, 5.74) is 5.41. The number of ether oxygens (including phenoxy) is 1. The van der Waals surface area contributed by atoms with E-state index in [1.165, 1.54) is 0 Å². The molecule has 1 heterocycles. The van der Waals surface area contributed by atoms with Gasteiger partial charge in [0.05, 0.1) is 10.3 Å². The smallest absolute Gasteiger partial charge is 0.410 e.